The van der Waals surface area contributed by atoms with Crippen LogP contribution >= 0.6 is 0 Å². The van der Waals surface area contributed by atoms with E-state index in [9.17, 15) is 14.1 Å². The molecule has 1 saturated carbocycles. The highest BCUT2D eigenvalue weighted by atomic mass is 32.2. The van der Waals surface area contributed by atoms with Gasteiger partial charge in [0.1, 0.15) is 11.0 Å². The van der Waals surface area contributed by atoms with E-state index in [1.807, 2.05) is 58.0 Å². The van der Waals surface area contributed by atoms with E-state index in [0.717, 1.165) is 34.3 Å². The summed E-state index contributed by atoms with van der Waals surface area (Å²) in [5.41, 5.74) is 2.03. The molecule has 1 aliphatic rings. The second-order valence-corrected chi connectivity index (χ2v) is 13.4. The Morgan fingerprint density at radius 3 is 2.39 bits per heavy atom. The number of pyridine rings is 1. The molecule has 0 spiro atoms. The first-order valence-corrected chi connectivity index (χ1v) is 14.8. The van der Waals surface area contributed by atoms with Crippen molar-refractivity contribution < 1.29 is 14.1 Å². The number of nitrogens with zero attached hydrogens (tertiary/aromatic N) is 2. The van der Waals surface area contributed by atoms with E-state index in [4.69, 9.17) is 4.98 Å². The first-order valence-electron chi connectivity index (χ1n) is 13.6. The molecule has 206 valence electrons. The van der Waals surface area contributed by atoms with Crippen LogP contribution in [0, 0.1) is 12.8 Å². The summed E-state index contributed by atoms with van der Waals surface area (Å²) in [6.45, 7) is 12.3. The normalized spacial score (nSPS) is 16.1. The summed E-state index contributed by atoms with van der Waals surface area (Å²) >= 11 is 0. The zero-order valence-electron chi connectivity index (χ0n) is 23.6. The monoisotopic (exact) mass is 538 g/mol. The summed E-state index contributed by atoms with van der Waals surface area (Å²) in [4.78, 5) is 17.9. The van der Waals surface area contributed by atoms with E-state index in [1.54, 1.807) is 20.0 Å². The van der Waals surface area contributed by atoms with E-state index in [1.165, 1.54) is 32.1 Å². The van der Waals surface area contributed by atoms with Gasteiger partial charge in [-0.3, -0.25) is 4.79 Å². The molecule has 2 heterocycles. The third kappa shape index (κ3) is 6.71. The van der Waals surface area contributed by atoms with Crippen LogP contribution in [0.4, 0.5) is 0 Å². The first kappa shape index (κ1) is 28.5. The Hall–Kier alpha value is -2.55. The highest BCUT2D eigenvalue weighted by molar-refractivity contribution is 7.83. The van der Waals surface area contributed by atoms with Gasteiger partial charge < -0.3 is 15.0 Å². The van der Waals surface area contributed by atoms with Crippen molar-refractivity contribution in [1.82, 2.24) is 19.6 Å². The van der Waals surface area contributed by atoms with E-state index in [2.05, 4.69) is 14.6 Å². The van der Waals surface area contributed by atoms with E-state index in [-0.39, 0.29) is 18.0 Å². The number of aliphatic hydroxyl groups is 1. The SMILES string of the molecule is Cc1c(C(=O)NCC(C)(C)O)cc(-c2cnc(S(=O)NC(C)(C)C)c3ccccc23)n1CC1CCCCC1. The molecule has 1 fully saturated rings. The van der Waals surface area contributed by atoms with E-state index in [0.29, 0.717) is 16.5 Å². The van der Waals surface area contributed by atoms with Gasteiger partial charge in [0.25, 0.3) is 5.91 Å². The Bertz CT molecular complexity index is 1330. The van der Waals surface area contributed by atoms with Gasteiger partial charge in [0, 0.05) is 41.5 Å². The Morgan fingerprint density at radius 1 is 1.11 bits per heavy atom. The number of rotatable bonds is 8. The lowest BCUT2D eigenvalue weighted by atomic mass is 9.89. The number of carbonyl (C=O) groups excluding carboxylic acids is 1. The third-order valence-electron chi connectivity index (χ3n) is 7.07. The Kier molecular flexibility index (Phi) is 8.45. The fraction of sp³-hybridized carbons (Fsp3) is 0.533. The first-order chi connectivity index (χ1) is 17.8. The summed E-state index contributed by atoms with van der Waals surface area (Å²) in [6.07, 6.45) is 7.94. The maximum absolute atomic E-state index is 13.2. The Morgan fingerprint density at radius 2 is 1.76 bits per heavy atom. The summed E-state index contributed by atoms with van der Waals surface area (Å²) in [5, 5.41) is 15.3. The Labute approximate surface area is 229 Å². The summed E-state index contributed by atoms with van der Waals surface area (Å²) in [6, 6.07) is 9.86. The van der Waals surface area contributed by atoms with Crippen molar-refractivity contribution in [2.75, 3.05) is 6.54 Å². The topological polar surface area (TPSA) is 96.2 Å². The molecule has 0 bridgehead atoms. The molecule has 1 amide bonds. The molecule has 0 aliphatic heterocycles. The minimum absolute atomic E-state index is 0.167. The number of hydrogen-bond acceptors (Lipinski definition) is 4. The summed E-state index contributed by atoms with van der Waals surface area (Å²) < 4.78 is 18.6. The number of aromatic nitrogens is 2. The smallest absolute Gasteiger partial charge is 0.253 e. The van der Waals surface area contributed by atoms with Crippen molar-refractivity contribution >= 4 is 27.7 Å². The van der Waals surface area contributed by atoms with Crippen LogP contribution in [0.5, 0.6) is 0 Å². The minimum atomic E-state index is -1.48. The molecular formula is C30H42N4O3S. The summed E-state index contributed by atoms with van der Waals surface area (Å²) in [5.74, 6) is 0.362. The number of hydrogen-bond donors (Lipinski definition) is 3. The van der Waals surface area contributed by atoms with Crippen molar-refractivity contribution in [2.45, 2.75) is 96.4 Å². The van der Waals surface area contributed by atoms with Crippen molar-refractivity contribution in [3.8, 4) is 11.3 Å². The number of fused-ring (bicyclic) bond motifs is 1. The van der Waals surface area contributed by atoms with Gasteiger partial charge in [0.15, 0.2) is 5.03 Å². The van der Waals surface area contributed by atoms with Gasteiger partial charge >= 0.3 is 0 Å². The number of benzene rings is 1. The van der Waals surface area contributed by atoms with Crippen LogP contribution in [0.15, 0.2) is 41.6 Å². The maximum Gasteiger partial charge on any atom is 0.253 e. The second-order valence-electron chi connectivity index (χ2n) is 12.3. The lowest BCUT2D eigenvalue weighted by Gasteiger charge is -2.25. The van der Waals surface area contributed by atoms with Gasteiger partial charge in [0.2, 0.25) is 0 Å². The van der Waals surface area contributed by atoms with Crippen LogP contribution < -0.4 is 10.0 Å². The van der Waals surface area contributed by atoms with Crippen molar-refractivity contribution in [3.63, 3.8) is 0 Å². The predicted octanol–water partition coefficient (Wildman–Crippen LogP) is 5.50. The average molecular weight is 539 g/mol. The van der Waals surface area contributed by atoms with Gasteiger partial charge in [-0.1, -0.05) is 43.5 Å². The van der Waals surface area contributed by atoms with Crippen molar-refractivity contribution in [3.05, 3.63) is 47.8 Å². The molecule has 3 aromatic rings. The minimum Gasteiger partial charge on any atom is -0.389 e. The maximum atomic E-state index is 13.2. The fourth-order valence-electron chi connectivity index (χ4n) is 5.20. The van der Waals surface area contributed by atoms with Crippen LogP contribution in [0.1, 0.15) is 82.8 Å². The zero-order valence-corrected chi connectivity index (χ0v) is 24.4. The van der Waals surface area contributed by atoms with Gasteiger partial charge in [0.05, 0.1) is 16.9 Å². The fourth-order valence-corrected chi connectivity index (χ4v) is 6.38. The molecule has 2 aromatic heterocycles. The molecule has 38 heavy (non-hydrogen) atoms. The van der Waals surface area contributed by atoms with Crippen LogP contribution in [0.3, 0.4) is 0 Å². The van der Waals surface area contributed by atoms with Crippen LogP contribution in [0.25, 0.3) is 22.0 Å². The number of nitrogens with one attached hydrogen (secondary N) is 2. The van der Waals surface area contributed by atoms with Crippen LogP contribution in [-0.4, -0.2) is 42.5 Å². The van der Waals surface area contributed by atoms with Gasteiger partial charge in [-0.2, -0.15) is 0 Å². The molecule has 1 unspecified atom stereocenters. The molecule has 1 aromatic carbocycles. The molecule has 1 atom stereocenters. The Balaban J connectivity index is 1.82. The molecule has 8 heteroatoms. The average Bonchev–Trinajstić information content (AvgIpc) is 3.16. The van der Waals surface area contributed by atoms with Crippen LogP contribution in [-0.2, 0) is 17.5 Å². The zero-order chi connectivity index (χ0) is 27.7. The van der Waals surface area contributed by atoms with E-state index < -0.39 is 16.6 Å². The molecule has 7 nitrogen and oxygen atoms in total. The molecular weight excluding hydrogens is 496 g/mol. The van der Waals surface area contributed by atoms with Gasteiger partial charge in [-0.25, -0.2) is 13.9 Å². The highest BCUT2D eigenvalue weighted by Crippen LogP contribution is 2.35. The lowest BCUT2D eigenvalue weighted by molar-refractivity contribution is 0.0694. The van der Waals surface area contributed by atoms with Crippen molar-refractivity contribution in [2.24, 2.45) is 5.92 Å². The highest BCUT2D eigenvalue weighted by Gasteiger charge is 2.25. The molecule has 0 saturated heterocycles. The van der Waals surface area contributed by atoms with E-state index >= 15 is 0 Å². The molecule has 1 aliphatic carbocycles. The summed E-state index contributed by atoms with van der Waals surface area (Å²) in [7, 11) is -1.48. The molecule has 4 rings (SSSR count). The van der Waals surface area contributed by atoms with Crippen molar-refractivity contribution in [1.29, 1.82) is 0 Å². The van der Waals surface area contributed by atoms with Gasteiger partial charge in [-0.15, -0.1) is 0 Å². The number of amides is 1. The molecule has 3 N–H and O–H groups in total. The largest absolute Gasteiger partial charge is 0.389 e. The number of carbonyl (C=O) groups is 1. The third-order valence-corrected chi connectivity index (χ3v) is 8.54. The predicted molar refractivity (Wildman–Crippen MR) is 154 cm³/mol. The molecule has 0 radical (unpaired) electrons. The lowest BCUT2D eigenvalue weighted by Crippen LogP contribution is -2.38. The quantitative estimate of drug-likeness (QED) is 0.353. The second kappa shape index (κ2) is 11.3. The standard InChI is InChI=1S/C30H42N4O3S/c1-20-24(27(35)32-19-30(5,6)36)16-26(34(20)18-21-12-8-7-9-13-21)25-17-31-28(38(37)33-29(2,3)4)23-15-11-10-14-22(23)25/h10-11,14-17,21,33,36H,7-9,12-13,18-19H2,1-6H3,(H,32,35). The van der Waals surface area contributed by atoms with Gasteiger partial charge in [-0.05, 0) is 71.8 Å². The van der Waals surface area contributed by atoms with Crippen LogP contribution in [0.2, 0.25) is 0 Å².